The lowest BCUT2D eigenvalue weighted by Crippen LogP contribution is -2.20. The van der Waals surface area contributed by atoms with Crippen LogP contribution >= 0.6 is 0 Å². The van der Waals surface area contributed by atoms with Gasteiger partial charge >= 0.3 is 0 Å². The third-order valence-corrected chi connectivity index (χ3v) is 4.26. The minimum atomic E-state index is -2.72. The molecule has 0 aliphatic carbocycles. The van der Waals surface area contributed by atoms with E-state index in [1.807, 2.05) is 24.3 Å². The smallest absolute Gasteiger partial charge is 0.256 e. The van der Waals surface area contributed by atoms with Crippen molar-refractivity contribution in [1.82, 2.24) is 9.97 Å². The van der Waals surface area contributed by atoms with E-state index in [-0.39, 0.29) is 0 Å². The van der Waals surface area contributed by atoms with E-state index in [1.165, 1.54) is 19.4 Å². The van der Waals surface area contributed by atoms with Crippen LogP contribution in [0.4, 0.5) is 11.5 Å². The highest BCUT2D eigenvalue weighted by atomic mass is 32.2. The minimum absolute atomic E-state index is 0.302. The molecule has 0 saturated heterocycles. The van der Waals surface area contributed by atoms with E-state index < -0.39 is 17.3 Å². The van der Waals surface area contributed by atoms with Gasteiger partial charge in [0, 0.05) is 24.2 Å². The molecule has 0 radical (unpaired) electrons. The van der Waals surface area contributed by atoms with E-state index in [9.17, 15) is 13.6 Å². The molecule has 1 heterocycles. The van der Waals surface area contributed by atoms with Gasteiger partial charge in [-0.05, 0) is 30.3 Å². The number of hydroxylamine groups is 1. The Morgan fingerprint density at radius 1 is 1.14 bits per heavy atom. The summed E-state index contributed by atoms with van der Waals surface area (Å²) in [6.45, 7) is 0. The molecule has 3 rings (SSSR count). The molecule has 10 heteroatoms. The Balaban J connectivity index is 1.78. The van der Waals surface area contributed by atoms with E-state index >= 15 is 0 Å². The van der Waals surface area contributed by atoms with Gasteiger partial charge in [0.25, 0.3) is 5.91 Å². The van der Waals surface area contributed by atoms with Crippen LogP contribution in [0.15, 0.2) is 60.9 Å². The first kappa shape index (κ1) is 20.4. The predicted molar refractivity (Wildman–Crippen MR) is 107 cm³/mol. The number of aromatic nitrogens is 2. The predicted octanol–water partition coefficient (Wildman–Crippen LogP) is 2.57. The summed E-state index contributed by atoms with van der Waals surface area (Å²) in [5.41, 5.74) is 2.13. The van der Waals surface area contributed by atoms with Crippen molar-refractivity contribution in [1.29, 1.82) is 0 Å². The van der Waals surface area contributed by atoms with Crippen molar-refractivity contribution in [2.24, 2.45) is 0 Å². The first-order chi connectivity index (χ1) is 14.0. The van der Waals surface area contributed by atoms with Crippen LogP contribution in [0, 0.1) is 0 Å². The zero-order chi connectivity index (χ0) is 20.8. The standard InChI is InChI=1S/C19H18N4O5S/c1-23(28-29(25)26)15-7-3-6-14(9-15)19(24)22-18-11-17(20-12-21-18)13-5-4-8-16(10-13)27-2/h3-12H,1-2H3,(H,25,26)(H,20,21,22,24)/p-1. The Labute approximate surface area is 169 Å². The molecule has 3 aromatic rings. The number of anilines is 2. The molecule has 0 fully saturated rings. The molecule has 150 valence electrons. The van der Waals surface area contributed by atoms with Crippen molar-refractivity contribution < 1.29 is 22.6 Å². The zero-order valence-corrected chi connectivity index (χ0v) is 16.4. The second-order valence-corrected chi connectivity index (χ2v) is 6.36. The number of hydrogen-bond donors (Lipinski definition) is 1. The molecule has 1 amide bonds. The third kappa shape index (κ3) is 5.35. The van der Waals surface area contributed by atoms with Crippen LogP contribution in [0.2, 0.25) is 0 Å². The number of carbonyl (C=O) groups is 1. The van der Waals surface area contributed by atoms with Gasteiger partial charge in [-0.25, -0.2) is 19.2 Å². The molecule has 1 unspecified atom stereocenters. The molecule has 9 nitrogen and oxygen atoms in total. The monoisotopic (exact) mass is 413 g/mol. The van der Waals surface area contributed by atoms with E-state index in [4.69, 9.17) is 4.74 Å². The van der Waals surface area contributed by atoms with E-state index in [0.29, 0.717) is 28.5 Å². The number of hydrogen-bond acceptors (Lipinski definition) is 8. The van der Waals surface area contributed by atoms with Gasteiger partial charge in [-0.3, -0.25) is 4.79 Å². The Bertz CT molecular complexity index is 1050. The van der Waals surface area contributed by atoms with Crippen LogP contribution < -0.4 is 15.1 Å². The first-order valence-corrected chi connectivity index (χ1v) is 9.35. The molecular formula is C19H17N4O5S-. The number of nitrogens with one attached hydrogen (secondary N) is 1. The normalized spacial score (nSPS) is 11.6. The number of benzene rings is 2. The lowest BCUT2D eigenvalue weighted by atomic mass is 10.1. The van der Waals surface area contributed by atoms with Crippen LogP contribution in [-0.2, 0) is 15.6 Å². The van der Waals surface area contributed by atoms with Crippen molar-refractivity contribution in [3.05, 3.63) is 66.5 Å². The quantitative estimate of drug-likeness (QED) is 0.464. The van der Waals surface area contributed by atoms with E-state index in [2.05, 4.69) is 19.6 Å². The fraction of sp³-hybridized carbons (Fsp3) is 0.105. The molecule has 1 atom stereocenters. The van der Waals surface area contributed by atoms with Gasteiger partial charge in [0.15, 0.2) is 0 Å². The van der Waals surface area contributed by atoms with Gasteiger partial charge in [0.1, 0.15) is 29.3 Å². The molecule has 2 aromatic carbocycles. The topological polar surface area (TPSA) is 117 Å². The summed E-state index contributed by atoms with van der Waals surface area (Å²) in [4.78, 5) is 20.9. The van der Waals surface area contributed by atoms with Gasteiger partial charge in [-0.2, -0.15) is 4.28 Å². The fourth-order valence-electron chi connectivity index (χ4n) is 2.53. The molecule has 0 aliphatic heterocycles. The second-order valence-electron chi connectivity index (χ2n) is 5.80. The molecule has 29 heavy (non-hydrogen) atoms. The summed E-state index contributed by atoms with van der Waals surface area (Å²) in [6, 6.07) is 15.3. The Morgan fingerprint density at radius 3 is 2.69 bits per heavy atom. The third-order valence-electron chi connectivity index (χ3n) is 3.92. The highest BCUT2D eigenvalue weighted by Gasteiger charge is 2.11. The van der Waals surface area contributed by atoms with E-state index in [1.54, 1.807) is 31.4 Å². The first-order valence-electron chi connectivity index (χ1n) is 8.35. The maximum atomic E-state index is 12.6. The number of rotatable bonds is 7. The number of carbonyl (C=O) groups excluding carboxylic acids is 1. The van der Waals surface area contributed by atoms with Crippen molar-refractivity contribution in [2.45, 2.75) is 0 Å². The van der Waals surface area contributed by atoms with Crippen molar-refractivity contribution in [2.75, 3.05) is 24.5 Å². The Morgan fingerprint density at radius 2 is 1.93 bits per heavy atom. The maximum absolute atomic E-state index is 12.6. The van der Waals surface area contributed by atoms with Crippen LogP contribution in [0.3, 0.4) is 0 Å². The molecule has 0 saturated carbocycles. The summed E-state index contributed by atoms with van der Waals surface area (Å²) in [5, 5.41) is 3.73. The summed E-state index contributed by atoms with van der Waals surface area (Å²) in [7, 11) is 2.99. The lowest BCUT2D eigenvalue weighted by molar-refractivity contribution is 0.102. The lowest BCUT2D eigenvalue weighted by Gasteiger charge is -2.19. The highest BCUT2D eigenvalue weighted by molar-refractivity contribution is 7.74. The Kier molecular flexibility index (Phi) is 6.50. The number of ether oxygens (including phenoxy) is 1. The SMILES string of the molecule is COc1cccc(-c2cc(NC(=O)c3cccc(N(C)OS(=O)[O-])c3)ncn2)c1. The number of nitrogens with zero attached hydrogens (tertiary/aromatic N) is 3. The van der Waals surface area contributed by atoms with Crippen molar-refractivity contribution in [3.63, 3.8) is 0 Å². The van der Waals surface area contributed by atoms with Gasteiger partial charge < -0.3 is 14.6 Å². The van der Waals surface area contributed by atoms with Crippen molar-refractivity contribution in [3.8, 4) is 17.0 Å². The van der Waals surface area contributed by atoms with Crippen molar-refractivity contribution >= 4 is 28.8 Å². The largest absolute Gasteiger partial charge is 0.748 e. The summed E-state index contributed by atoms with van der Waals surface area (Å²) < 4.78 is 31.1. The number of amides is 1. The average Bonchev–Trinajstić information content (AvgIpc) is 2.73. The van der Waals surface area contributed by atoms with Crippen LogP contribution in [0.1, 0.15) is 10.4 Å². The molecule has 1 aromatic heterocycles. The van der Waals surface area contributed by atoms with Crippen LogP contribution in [0.5, 0.6) is 5.75 Å². The summed E-state index contributed by atoms with van der Waals surface area (Å²) >= 11 is -2.72. The van der Waals surface area contributed by atoms with Gasteiger partial charge in [-0.15, -0.1) is 0 Å². The minimum Gasteiger partial charge on any atom is -0.748 e. The second kappa shape index (κ2) is 9.24. The van der Waals surface area contributed by atoms with Gasteiger partial charge in [0.05, 0.1) is 18.5 Å². The molecule has 0 spiro atoms. The highest BCUT2D eigenvalue weighted by Crippen LogP contribution is 2.23. The van der Waals surface area contributed by atoms with Crippen LogP contribution in [-0.4, -0.2) is 38.8 Å². The molecule has 0 aliphatic rings. The van der Waals surface area contributed by atoms with Crippen LogP contribution in [0.25, 0.3) is 11.3 Å². The molecular weight excluding hydrogens is 396 g/mol. The fourth-order valence-corrected chi connectivity index (χ4v) is 2.80. The maximum Gasteiger partial charge on any atom is 0.256 e. The summed E-state index contributed by atoms with van der Waals surface area (Å²) in [5.74, 6) is 0.589. The van der Waals surface area contributed by atoms with Gasteiger partial charge in [-0.1, -0.05) is 18.2 Å². The zero-order valence-electron chi connectivity index (χ0n) is 15.6. The number of methoxy groups -OCH3 is 1. The van der Waals surface area contributed by atoms with Gasteiger partial charge in [0.2, 0.25) is 0 Å². The summed E-state index contributed by atoms with van der Waals surface area (Å²) in [6.07, 6.45) is 1.35. The Hall–Kier alpha value is -3.34. The molecule has 0 bridgehead atoms. The van der Waals surface area contributed by atoms with E-state index in [0.717, 1.165) is 10.6 Å². The molecule has 1 N–H and O–H groups in total. The average molecular weight is 413 g/mol.